The van der Waals surface area contributed by atoms with Crippen LogP contribution in [0.3, 0.4) is 0 Å². The third kappa shape index (κ3) is 3.69. The number of hydrogen-bond acceptors (Lipinski definition) is 9. The summed E-state index contributed by atoms with van der Waals surface area (Å²) in [5.41, 5.74) is 1.90. The molecule has 0 bridgehead atoms. The summed E-state index contributed by atoms with van der Waals surface area (Å²) in [6.07, 6.45) is -1.49. The molecule has 2 aromatic rings. The minimum absolute atomic E-state index is 0.220. The fourth-order valence-electron chi connectivity index (χ4n) is 2.77. The van der Waals surface area contributed by atoms with Gasteiger partial charge in [0.1, 0.15) is 17.6 Å². The molecule has 4 rings (SSSR count). The van der Waals surface area contributed by atoms with Crippen LogP contribution in [0.4, 0.5) is 0 Å². The average Bonchev–Trinajstić information content (AvgIpc) is 3.11. The molecule has 144 valence electrons. The lowest BCUT2D eigenvalue weighted by Crippen LogP contribution is -1.95. The molecular weight excluding hydrogens is 372 g/mol. The Balaban J connectivity index is 0.000000161. The molecule has 0 fully saturated rings. The largest absolute Gasteiger partial charge is 0.454 e. The molecule has 2 atom stereocenters. The first-order valence-corrected chi connectivity index (χ1v) is 8.03. The van der Waals surface area contributed by atoms with Gasteiger partial charge >= 0.3 is 11.9 Å². The quantitative estimate of drug-likeness (QED) is 0.619. The first-order chi connectivity index (χ1) is 13.4. The molecule has 0 saturated carbocycles. The Kier molecular flexibility index (Phi) is 5.37. The van der Waals surface area contributed by atoms with Crippen LogP contribution in [0.25, 0.3) is 0 Å². The highest BCUT2D eigenvalue weighted by Gasteiger charge is 2.30. The molecule has 2 aromatic carbocycles. The lowest BCUT2D eigenvalue weighted by Gasteiger charge is -2.02. The van der Waals surface area contributed by atoms with E-state index in [1.54, 1.807) is 19.1 Å². The fourth-order valence-corrected chi connectivity index (χ4v) is 2.77. The number of carbonyl (C=O) groups excluding carboxylic acids is 4. The molecule has 0 amide bonds. The number of aliphatic hydroxyl groups excluding tert-OH is 1. The second-order valence-electron chi connectivity index (χ2n) is 5.73. The van der Waals surface area contributed by atoms with Gasteiger partial charge in [0.2, 0.25) is 6.29 Å². The van der Waals surface area contributed by atoms with Crippen LogP contribution in [0, 0.1) is 0 Å². The van der Waals surface area contributed by atoms with Crippen molar-refractivity contribution < 1.29 is 43.2 Å². The van der Waals surface area contributed by atoms with Crippen molar-refractivity contribution in [1.82, 2.24) is 0 Å². The van der Waals surface area contributed by atoms with Crippen molar-refractivity contribution in [3.05, 3.63) is 58.7 Å². The predicted octanol–water partition coefficient (Wildman–Crippen LogP) is 1.84. The van der Waals surface area contributed by atoms with Gasteiger partial charge in [0, 0.05) is 11.1 Å². The molecule has 2 aliphatic heterocycles. The number of rotatable bonds is 4. The van der Waals surface area contributed by atoms with Crippen molar-refractivity contribution in [3.8, 4) is 11.5 Å². The second-order valence-corrected chi connectivity index (χ2v) is 5.73. The number of cyclic esters (lactones) is 2. The third-order valence-corrected chi connectivity index (χ3v) is 4.06. The van der Waals surface area contributed by atoms with Gasteiger partial charge in [0.25, 0.3) is 12.9 Å². The minimum atomic E-state index is -1.27. The second kappa shape index (κ2) is 7.89. The molecule has 0 saturated heterocycles. The highest BCUT2D eigenvalue weighted by atomic mass is 16.6. The Hall–Kier alpha value is -3.72. The monoisotopic (exact) mass is 386 g/mol. The molecule has 0 aromatic heterocycles. The van der Waals surface area contributed by atoms with Gasteiger partial charge in [0.15, 0.2) is 0 Å². The van der Waals surface area contributed by atoms with Crippen LogP contribution >= 0.6 is 0 Å². The maximum Gasteiger partial charge on any atom is 0.341 e. The Bertz CT molecular complexity index is 950. The van der Waals surface area contributed by atoms with Gasteiger partial charge in [0.05, 0.1) is 11.1 Å². The van der Waals surface area contributed by atoms with E-state index in [9.17, 15) is 24.3 Å². The Morgan fingerprint density at radius 2 is 1.46 bits per heavy atom. The summed E-state index contributed by atoms with van der Waals surface area (Å²) in [4.78, 5) is 42.4. The molecule has 0 radical (unpaired) electrons. The van der Waals surface area contributed by atoms with Gasteiger partial charge in [-0.25, -0.2) is 9.59 Å². The Morgan fingerprint density at radius 3 is 2.14 bits per heavy atom. The molecule has 9 nitrogen and oxygen atoms in total. The molecule has 0 aliphatic carbocycles. The van der Waals surface area contributed by atoms with E-state index >= 15 is 0 Å². The lowest BCUT2D eigenvalue weighted by atomic mass is 10.1. The Morgan fingerprint density at radius 1 is 0.857 bits per heavy atom. The summed E-state index contributed by atoms with van der Waals surface area (Å²) in [5, 5.41) is 9.26. The zero-order chi connectivity index (χ0) is 20.3. The Labute approximate surface area is 158 Å². The summed E-state index contributed by atoms with van der Waals surface area (Å²) in [6, 6.07) is 9.14. The van der Waals surface area contributed by atoms with Gasteiger partial charge in [-0.1, -0.05) is 6.07 Å². The number of aliphatic hydroxyl groups is 1. The zero-order valence-electron chi connectivity index (χ0n) is 14.5. The summed E-state index contributed by atoms with van der Waals surface area (Å²) in [7, 11) is 0. The van der Waals surface area contributed by atoms with Gasteiger partial charge in [-0.15, -0.1) is 0 Å². The maximum absolute atomic E-state index is 11.3. The molecule has 9 heteroatoms. The van der Waals surface area contributed by atoms with Crippen molar-refractivity contribution in [2.45, 2.75) is 19.3 Å². The van der Waals surface area contributed by atoms with E-state index in [4.69, 9.17) is 4.74 Å². The maximum atomic E-state index is 11.3. The van der Waals surface area contributed by atoms with Crippen LogP contribution in [0.2, 0.25) is 0 Å². The van der Waals surface area contributed by atoms with E-state index in [1.165, 1.54) is 24.3 Å². The van der Waals surface area contributed by atoms with Crippen LogP contribution < -0.4 is 9.47 Å². The minimum Gasteiger partial charge on any atom is -0.454 e. The number of benzene rings is 2. The van der Waals surface area contributed by atoms with Gasteiger partial charge in [-0.3, -0.25) is 9.59 Å². The van der Waals surface area contributed by atoms with E-state index in [1.807, 2.05) is 0 Å². The summed E-state index contributed by atoms with van der Waals surface area (Å²) >= 11 is 0. The van der Waals surface area contributed by atoms with E-state index in [2.05, 4.69) is 14.2 Å². The number of hydrogen-bond donors (Lipinski definition) is 1. The van der Waals surface area contributed by atoms with Crippen LogP contribution in [-0.2, 0) is 19.1 Å². The van der Waals surface area contributed by atoms with Crippen molar-refractivity contribution in [1.29, 1.82) is 0 Å². The lowest BCUT2D eigenvalue weighted by molar-refractivity contribution is -0.121. The standard InChI is InChI=1S/C10H8O4.C9H6O5/c1-6-8-3-2-7(13-5-11)4-9(8)10(12)14-6;10-4-13-5-1-2-6-7(3-5)9(12)14-8(6)11/h2-6H,1H3;1-4,9,12H. The average molecular weight is 386 g/mol. The normalized spacial score (nSPS) is 18.6. The SMILES string of the molecule is CC1OC(=O)c2cc(OC=O)ccc21.O=COc1ccc2c(c1)C(O)OC2=O. The molecule has 1 N–H and O–H groups in total. The molecule has 2 heterocycles. The van der Waals surface area contributed by atoms with Crippen molar-refractivity contribution in [2.24, 2.45) is 0 Å². The van der Waals surface area contributed by atoms with Gasteiger partial charge < -0.3 is 24.1 Å². The van der Waals surface area contributed by atoms with Crippen molar-refractivity contribution in [2.75, 3.05) is 0 Å². The van der Waals surface area contributed by atoms with Crippen LogP contribution in [0.5, 0.6) is 11.5 Å². The van der Waals surface area contributed by atoms with E-state index in [0.29, 0.717) is 23.3 Å². The topological polar surface area (TPSA) is 125 Å². The summed E-state index contributed by atoms with van der Waals surface area (Å²) < 4.78 is 18.7. The number of fused-ring (bicyclic) bond motifs is 2. The molecular formula is C19H14O9. The van der Waals surface area contributed by atoms with Gasteiger partial charge in [-0.05, 0) is 37.3 Å². The van der Waals surface area contributed by atoms with E-state index in [-0.39, 0.29) is 29.9 Å². The molecule has 2 unspecified atom stereocenters. The van der Waals surface area contributed by atoms with Crippen LogP contribution in [0.1, 0.15) is 51.2 Å². The molecule has 2 aliphatic rings. The third-order valence-electron chi connectivity index (χ3n) is 4.06. The van der Waals surface area contributed by atoms with Crippen LogP contribution in [-0.4, -0.2) is 30.0 Å². The zero-order valence-corrected chi connectivity index (χ0v) is 14.5. The van der Waals surface area contributed by atoms with E-state index in [0.717, 1.165) is 5.56 Å². The summed E-state index contributed by atoms with van der Waals surface area (Å²) in [6.45, 7) is 2.39. The first kappa shape index (κ1) is 19.1. The van der Waals surface area contributed by atoms with Gasteiger partial charge in [-0.2, -0.15) is 0 Å². The number of carbonyl (C=O) groups is 4. The molecule has 0 spiro atoms. The van der Waals surface area contributed by atoms with Crippen molar-refractivity contribution in [3.63, 3.8) is 0 Å². The first-order valence-electron chi connectivity index (χ1n) is 8.03. The molecule has 28 heavy (non-hydrogen) atoms. The summed E-state index contributed by atoms with van der Waals surface area (Å²) in [5.74, 6) is -0.338. The number of ether oxygens (including phenoxy) is 4. The van der Waals surface area contributed by atoms with E-state index < -0.39 is 12.3 Å². The highest BCUT2D eigenvalue weighted by molar-refractivity contribution is 5.94. The van der Waals surface area contributed by atoms with Crippen LogP contribution in [0.15, 0.2) is 36.4 Å². The smallest absolute Gasteiger partial charge is 0.341 e. The van der Waals surface area contributed by atoms with Crippen molar-refractivity contribution >= 4 is 24.9 Å². The predicted molar refractivity (Wildman–Crippen MR) is 90.5 cm³/mol. The number of esters is 2. The highest BCUT2D eigenvalue weighted by Crippen LogP contribution is 2.32. The fraction of sp³-hybridized carbons (Fsp3) is 0.158.